The van der Waals surface area contributed by atoms with E-state index in [1.165, 1.54) is 18.5 Å². The number of benzene rings is 2. The van der Waals surface area contributed by atoms with E-state index in [4.69, 9.17) is 0 Å². The molecule has 0 spiro atoms. The lowest BCUT2D eigenvalue weighted by atomic mass is 10.1. The van der Waals surface area contributed by atoms with Gasteiger partial charge in [0.15, 0.2) is 0 Å². The van der Waals surface area contributed by atoms with Gasteiger partial charge in [-0.05, 0) is 42.2 Å². The Kier molecular flexibility index (Phi) is 5.98. The summed E-state index contributed by atoms with van der Waals surface area (Å²) >= 11 is 0. The molecule has 1 aromatic heterocycles. The first-order valence-corrected chi connectivity index (χ1v) is 10.4. The standard InChI is InChI=1S/C25H27N3O2/c1-26(19-21-12-5-6-14-23(21)27-15-7-8-16-27)24(29)22-13-9-17-28(25(22)30)18-20-10-3-2-4-11-20/h2-6,9-14,17H,7-8,15-16,18-19H2,1H3. The Balaban J connectivity index is 1.54. The van der Waals surface area contributed by atoms with E-state index in [0.29, 0.717) is 13.1 Å². The molecule has 0 unspecified atom stereocenters. The smallest absolute Gasteiger partial charge is 0.263 e. The minimum atomic E-state index is -0.258. The molecule has 2 aromatic carbocycles. The van der Waals surface area contributed by atoms with Gasteiger partial charge in [0.2, 0.25) is 0 Å². The highest BCUT2D eigenvalue weighted by molar-refractivity contribution is 5.93. The third kappa shape index (κ3) is 4.30. The second-order valence-corrected chi connectivity index (χ2v) is 7.82. The van der Waals surface area contributed by atoms with Crippen molar-refractivity contribution in [3.63, 3.8) is 0 Å². The van der Waals surface area contributed by atoms with Crippen molar-refractivity contribution in [3.8, 4) is 0 Å². The molecular formula is C25H27N3O2. The first-order valence-electron chi connectivity index (χ1n) is 10.4. The van der Waals surface area contributed by atoms with Gasteiger partial charge < -0.3 is 14.4 Å². The largest absolute Gasteiger partial charge is 0.371 e. The van der Waals surface area contributed by atoms with E-state index >= 15 is 0 Å². The van der Waals surface area contributed by atoms with Crippen LogP contribution in [0.2, 0.25) is 0 Å². The molecule has 0 radical (unpaired) electrons. The fraction of sp³-hybridized carbons (Fsp3) is 0.280. The van der Waals surface area contributed by atoms with E-state index in [1.54, 1.807) is 34.8 Å². The van der Waals surface area contributed by atoms with E-state index in [2.05, 4.69) is 17.0 Å². The van der Waals surface area contributed by atoms with E-state index < -0.39 is 0 Å². The lowest BCUT2D eigenvalue weighted by molar-refractivity contribution is 0.0783. The maximum Gasteiger partial charge on any atom is 0.263 e. The lowest BCUT2D eigenvalue weighted by Crippen LogP contribution is -2.34. The molecule has 1 aliphatic rings. The fourth-order valence-corrected chi connectivity index (χ4v) is 4.05. The molecule has 0 aliphatic carbocycles. The number of nitrogens with zero attached hydrogens (tertiary/aromatic N) is 3. The molecule has 5 nitrogen and oxygen atoms in total. The summed E-state index contributed by atoms with van der Waals surface area (Å²) in [7, 11) is 1.76. The molecule has 154 valence electrons. The van der Waals surface area contributed by atoms with Crippen LogP contribution in [0.25, 0.3) is 0 Å². The van der Waals surface area contributed by atoms with Crippen LogP contribution in [0.1, 0.15) is 34.3 Å². The van der Waals surface area contributed by atoms with Gasteiger partial charge in [0.1, 0.15) is 5.56 Å². The molecule has 1 amide bonds. The molecule has 30 heavy (non-hydrogen) atoms. The van der Waals surface area contributed by atoms with Crippen molar-refractivity contribution in [1.82, 2.24) is 9.47 Å². The first kappa shape index (κ1) is 20.0. The zero-order valence-electron chi connectivity index (χ0n) is 17.3. The summed E-state index contributed by atoms with van der Waals surface area (Å²) < 4.78 is 1.59. The van der Waals surface area contributed by atoms with Crippen LogP contribution >= 0.6 is 0 Å². The number of carbonyl (C=O) groups excluding carboxylic acids is 1. The van der Waals surface area contributed by atoms with Crippen molar-refractivity contribution in [2.24, 2.45) is 0 Å². The minimum absolute atomic E-state index is 0.203. The Morgan fingerprint density at radius 3 is 2.40 bits per heavy atom. The third-order valence-corrected chi connectivity index (χ3v) is 5.64. The average molecular weight is 402 g/mol. The lowest BCUT2D eigenvalue weighted by Gasteiger charge is -2.24. The second kappa shape index (κ2) is 8.99. The van der Waals surface area contributed by atoms with Gasteiger partial charge >= 0.3 is 0 Å². The average Bonchev–Trinajstić information content (AvgIpc) is 3.30. The number of hydrogen-bond acceptors (Lipinski definition) is 3. The van der Waals surface area contributed by atoms with E-state index in [9.17, 15) is 9.59 Å². The summed E-state index contributed by atoms with van der Waals surface area (Å²) in [6.07, 6.45) is 4.14. The first-order chi connectivity index (χ1) is 14.6. The van der Waals surface area contributed by atoms with Crippen LogP contribution in [0.3, 0.4) is 0 Å². The van der Waals surface area contributed by atoms with E-state index in [1.807, 2.05) is 42.5 Å². The van der Waals surface area contributed by atoms with Gasteiger partial charge in [-0.25, -0.2) is 0 Å². The molecule has 1 saturated heterocycles. The summed E-state index contributed by atoms with van der Waals surface area (Å²) in [4.78, 5) is 30.1. The van der Waals surface area contributed by atoms with Gasteiger partial charge in [-0.15, -0.1) is 0 Å². The molecule has 0 N–H and O–H groups in total. The fourth-order valence-electron chi connectivity index (χ4n) is 4.05. The molecule has 3 aromatic rings. The van der Waals surface area contributed by atoms with Gasteiger partial charge in [-0.1, -0.05) is 48.5 Å². The highest BCUT2D eigenvalue weighted by Crippen LogP contribution is 2.25. The monoisotopic (exact) mass is 401 g/mol. The molecule has 0 bridgehead atoms. The summed E-state index contributed by atoms with van der Waals surface area (Å²) in [5.74, 6) is -0.251. The predicted octanol–water partition coefficient (Wildman–Crippen LogP) is 3.77. The molecule has 1 fully saturated rings. The number of hydrogen-bond donors (Lipinski definition) is 0. The number of rotatable bonds is 6. The molecule has 2 heterocycles. The molecule has 0 saturated carbocycles. The number of pyridine rings is 1. The Morgan fingerprint density at radius 1 is 0.933 bits per heavy atom. The van der Waals surface area contributed by atoms with Crippen molar-refractivity contribution >= 4 is 11.6 Å². The molecule has 4 rings (SSSR count). The third-order valence-electron chi connectivity index (χ3n) is 5.64. The quantitative estimate of drug-likeness (QED) is 0.632. The highest BCUT2D eigenvalue weighted by Gasteiger charge is 2.20. The van der Waals surface area contributed by atoms with Crippen molar-refractivity contribution in [3.05, 3.63) is 100.0 Å². The Labute approximate surface area is 177 Å². The Morgan fingerprint density at radius 2 is 1.63 bits per heavy atom. The zero-order valence-corrected chi connectivity index (χ0v) is 17.3. The topological polar surface area (TPSA) is 45.5 Å². The van der Waals surface area contributed by atoms with Crippen LogP contribution < -0.4 is 10.5 Å². The van der Waals surface area contributed by atoms with E-state index in [-0.39, 0.29) is 17.0 Å². The van der Waals surface area contributed by atoms with Crippen LogP contribution in [-0.2, 0) is 13.1 Å². The van der Waals surface area contributed by atoms with Crippen molar-refractivity contribution < 1.29 is 4.79 Å². The number of para-hydroxylation sites is 1. The molecular weight excluding hydrogens is 374 g/mol. The summed E-state index contributed by atoms with van der Waals surface area (Å²) in [5.41, 5.74) is 3.26. The van der Waals surface area contributed by atoms with Gasteiger partial charge in [-0.3, -0.25) is 9.59 Å². The number of anilines is 1. The predicted molar refractivity (Wildman–Crippen MR) is 120 cm³/mol. The van der Waals surface area contributed by atoms with Gasteiger partial charge in [-0.2, -0.15) is 0 Å². The molecule has 1 aliphatic heterocycles. The maximum atomic E-state index is 13.1. The van der Waals surface area contributed by atoms with E-state index in [0.717, 1.165) is 24.2 Å². The Hall–Kier alpha value is -3.34. The van der Waals surface area contributed by atoms with Gasteiger partial charge in [0.25, 0.3) is 11.5 Å². The van der Waals surface area contributed by atoms with Crippen molar-refractivity contribution in [1.29, 1.82) is 0 Å². The van der Waals surface area contributed by atoms with Crippen LogP contribution in [0, 0.1) is 0 Å². The number of aromatic nitrogens is 1. The summed E-state index contributed by atoms with van der Waals surface area (Å²) in [5, 5.41) is 0. The van der Waals surface area contributed by atoms with Crippen LogP contribution in [-0.4, -0.2) is 35.5 Å². The molecule has 5 heteroatoms. The van der Waals surface area contributed by atoms with Crippen molar-refractivity contribution in [2.45, 2.75) is 25.9 Å². The number of amides is 1. The normalized spacial score (nSPS) is 13.4. The number of carbonyl (C=O) groups is 1. The minimum Gasteiger partial charge on any atom is -0.371 e. The summed E-state index contributed by atoms with van der Waals surface area (Å²) in [6.45, 7) is 3.02. The zero-order chi connectivity index (χ0) is 20.9. The highest BCUT2D eigenvalue weighted by atomic mass is 16.2. The van der Waals surface area contributed by atoms with Gasteiger partial charge in [0, 0.05) is 38.6 Å². The van der Waals surface area contributed by atoms with Crippen LogP contribution in [0.15, 0.2) is 77.7 Å². The Bertz CT molecular complexity index is 1070. The summed E-state index contributed by atoms with van der Waals surface area (Å²) in [6, 6.07) is 21.4. The van der Waals surface area contributed by atoms with Gasteiger partial charge in [0.05, 0.1) is 6.54 Å². The van der Waals surface area contributed by atoms with Crippen LogP contribution in [0.4, 0.5) is 5.69 Å². The van der Waals surface area contributed by atoms with Crippen LogP contribution in [0.5, 0.6) is 0 Å². The maximum absolute atomic E-state index is 13.1. The molecule has 0 atom stereocenters. The SMILES string of the molecule is CN(Cc1ccccc1N1CCCC1)C(=O)c1cccn(Cc2ccccc2)c1=O. The van der Waals surface area contributed by atoms with Crippen molar-refractivity contribution in [2.75, 3.05) is 25.0 Å². The second-order valence-electron chi connectivity index (χ2n) is 7.82.